The van der Waals surface area contributed by atoms with Crippen LogP contribution in [0.3, 0.4) is 0 Å². The number of hydrogen-bond donors (Lipinski definition) is 0. The van der Waals surface area contributed by atoms with Crippen LogP contribution in [-0.4, -0.2) is 63.0 Å². The number of likely N-dealkylation sites (tertiary alicyclic amines) is 1. The fraction of sp³-hybridized carbons (Fsp3) is 0.846. The molecule has 0 unspecified atom stereocenters. The monoisotopic (exact) mass is 337 g/mol. The van der Waals surface area contributed by atoms with E-state index in [4.69, 9.17) is 8.92 Å². The topological polar surface area (TPSA) is 99.2 Å². The van der Waals surface area contributed by atoms with Gasteiger partial charge < -0.3 is 9.47 Å². The highest BCUT2D eigenvalue weighted by atomic mass is 32.2. The lowest BCUT2D eigenvalue weighted by Crippen LogP contribution is -2.53. The predicted octanol–water partition coefficient (Wildman–Crippen LogP) is 0.904. The van der Waals surface area contributed by atoms with Crippen LogP contribution in [0.5, 0.6) is 0 Å². The molecule has 0 radical (unpaired) electrons. The summed E-state index contributed by atoms with van der Waals surface area (Å²) in [6.45, 7) is 5.31. The number of amides is 1. The highest BCUT2D eigenvalue weighted by molar-refractivity contribution is 7.86. The molecule has 0 aromatic rings. The summed E-state index contributed by atoms with van der Waals surface area (Å²) < 4.78 is 37.3. The largest absolute Gasteiger partial charge is 0.467 e. The van der Waals surface area contributed by atoms with Crippen LogP contribution in [0.15, 0.2) is 0 Å². The van der Waals surface area contributed by atoms with Gasteiger partial charge >= 0.3 is 12.1 Å². The number of hydrogen-bond acceptors (Lipinski definition) is 7. The van der Waals surface area contributed by atoms with Crippen molar-refractivity contribution >= 4 is 22.2 Å². The van der Waals surface area contributed by atoms with Gasteiger partial charge in [-0.2, -0.15) is 8.42 Å². The SMILES string of the molecule is COC(=O)[C@H]1C[C@@H](OS(C)(=O)=O)CCN1C(=O)OC(C)(C)C. The maximum atomic E-state index is 12.2. The third-order valence-electron chi connectivity index (χ3n) is 2.97. The Balaban J connectivity index is 2.86. The Bertz CT molecular complexity index is 523. The molecular formula is C13H23NO7S. The van der Waals surface area contributed by atoms with Crippen molar-refractivity contribution in [1.29, 1.82) is 0 Å². The fourth-order valence-electron chi connectivity index (χ4n) is 2.17. The first-order chi connectivity index (χ1) is 9.93. The van der Waals surface area contributed by atoms with Crippen LogP contribution in [0.2, 0.25) is 0 Å². The van der Waals surface area contributed by atoms with Gasteiger partial charge in [0.15, 0.2) is 0 Å². The number of rotatable bonds is 3. The smallest absolute Gasteiger partial charge is 0.411 e. The van der Waals surface area contributed by atoms with E-state index in [1.165, 1.54) is 12.0 Å². The number of piperidine rings is 1. The second-order valence-corrected chi connectivity index (χ2v) is 7.76. The molecule has 9 heteroatoms. The van der Waals surface area contributed by atoms with Crippen LogP contribution < -0.4 is 0 Å². The van der Waals surface area contributed by atoms with E-state index in [0.717, 1.165) is 6.26 Å². The Labute approximate surface area is 130 Å². The van der Waals surface area contributed by atoms with Gasteiger partial charge in [0.2, 0.25) is 0 Å². The summed E-state index contributed by atoms with van der Waals surface area (Å²) in [4.78, 5) is 25.3. The second-order valence-electron chi connectivity index (χ2n) is 6.16. The molecule has 1 fully saturated rings. The molecule has 0 N–H and O–H groups in total. The molecule has 0 aromatic heterocycles. The normalized spacial score (nSPS) is 23.0. The summed E-state index contributed by atoms with van der Waals surface area (Å²) in [5.41, 5.74) is -0.697. The van der Waals surface area contributed by atoms with Crippen molar-refractivity contribution in [1.82, 2.24) is 4.90 Å². The molecule has 8 nitrogen and oxygen atoms in total. The number of carbonyl (C=O) groups excluding carboxylic acids is 2. The first-order valence-corrected chi connectivity index (χ1v) is 8.70. The molecule has 22 heavy (non-hydrogen) atoms. The standard InChI is InChI=1S/C13H23NO7S/c1-13(2,3)20-12(16)14-7-6-9(21-22(5,17)18)8-10(14)11(15)19-4/h9-10H,6-8H2,1-5H3/t9-,10+/m0/s1. The molecule has 128 valence electrons. The Morgan fingerprint density at radius 2 is 1.82 bits per heavy atom. The Hall–Kier alpha value is -1.35. The maximum absolute atomic E-state index is 12.2. The molecule has 0 bridgehead atoms. The zero-order valence-corrected chi connectivity index (χ0v) is 14.3. The highest BCUT2D eigenvalue weighted by Gasteiger charge is 2.40. The van der Waals surface area contributed by atoms with Crippen LogP contribution in [0, 0.1) is 0 Å². The van der Waals surface area contributed by atoms with Crippen molar-refractivity contribution in [3.05, 3.63) is 0 Å². The van der Waals surface area contributed by atoms with E-state index in [9.17, 15) is 18.0 Å². The van der Waals surface area contributed by atoms with E-state index < -0.39 is 39.9 Å². The summed E-state index contributed by atoms with van der Waals surface area (Å²) in [5.74, 6) is -0.632. The lowest BCUT2D eigenvalue weighted by molar-refractivity contribution is -0.149. The summed E-state index contributed by atoms with van der Waals surface area (Å²) in [6.07, 6.45) is -0.0300. The minimum absolute atomic E-state index is 0.0407. The Morgan fingerprint density at radius 1 is 1.23 bits per heavy atom. The van der Waals surface area contributed by atoms with E-state index >= 15 is 0 Å². The van der Waals surface area contributed by atoms with E-state index in [2.05, 4.69) is 4.74 Å². The molecule has 1 heterocycles. The van der Waals surface area contributed by atoms with Gasteiger partial charge in [-0.3, -0.25) is 9.08 Å². The van der Waals surface area contributed by atoms with E-state index in [-0.39, 0.29) is 13.0 Å². The lowest BCUT2D eigenvalue weighted by atomic mass is 10.00. The summed E-state index contributed by atoms with van der Waals surface area (Å²) in [7, 11) is -2.43. The van der Waals surface area contributed by atoms with Gasteiger partial charge in [0, 0.05) is 13.0 Å². The molecule has 1 amide bonds. The highest BCUT2D eigenvalue weighted by Crippen LogP contribution is 2.24. The molecule has 1 aliphatic heterocycles. The zero-order chi connectivity index (χ0) is 17.1. The number of esters is 1. The van der Waals surface area contributed by atoms with Gasteiger partial charge in [-0.1, -0.05) is 0 Å². The van der Waals surface area contributed by atoms with Crippen LogP contribution in [0.4, 0.5) is 4.79 Å². The molecule has 0 aliphatic carbocycles. The molecule has 0 spiro atoms. The molecule has 1 saturated heterocycles. The molecule has 2 atom stereocenters. The van der Waals surface area contributed by atoms with Crippen molar-refractivity contribution in [3.63, 3.8) is 0 Å². The van der Waals surface area contributed by atoms with Crippen LogP contribution in [0.1, 0.15) is 33.6 Å². The van der Waals surface area contributed by atoms with Gasteiger partial charge in [-0.05, 0) is 27.2 Å². The van der Waals surface area contributed by atoms with Crippen molar-refractivity contribution in [3.8, 4) is 0 Å². The molecular weight excluding hydrogens is 314 g/mol. The summed E-state index contributed by atoms with van der Waals surface area (Å²) in [5, 5.41) is 0. The van der Waals surface area contributed by atoms with E-state index in [1.54, 1.807) is 20.8 Å². The summed E-state index contributed by atoms with van der Waals surface area (Å²) in [6, 6.07) is -0.930. The van der Waals surface area contributed by atoms with Gasteiger partial charge in [0.1, 0.15) is 11.6 Å². The Kier molecular flexibility index (Phi) is 5.80. The van der Waals surface area contributed by atoms with Crippen molar-refractivity contribution in [2.75, 3.05) is 19.9 Å². The quantitative estimate of drug-likeness (QED) is 0.557. The molecule has 1 aliphatic rings. The minimum atomic E-state index is -3.63. The van der Waals surface area contributed by atoms with Crippen molar-refractivity contribution in [2.45, 2.75) is 51.4 Å². The van der Waals surface area contributed by atoms with Crippen molar-refractivity contribution < 1.29 is 31.7 Å². The second kappa shape index (κ2) is 6.82. The zero-order valence-electron chi connectivity index (χ0n) is 13.5. The number of methoxy groups -OCH3 is 1. The number of carbonyl (C=O) groups is 2. The van der Waals surface area contributed by atoms with Gasteiger partial charge in [0.05, 0.1) is 19.5 Å². The van der Waals surface area contributed by atoms with Gasteiger partial charge in [-0.15, -0.1) is 0 Å². The van der Waals surface area contributed by atoms with Crippen LogP contribution >= 0.6 is 0 Å². The first kappa shape index (κ1) is 18.7. The fourth-order valence-corrected chi connectivity index (χ4v) is 2.84. The van der Waals surface area contributed by atoms with Gasteiger partial charge in [-0.25, -0.2) is 9.59 Å². The Morgan fingerprint density at radius 3 is 2.27 bits per heavy atom. The first-order valence-electron chi connectivity index (χ1n) is 6.88. The van der Waals surface area contributed by atoms with Crippen LogP contribution in [0.25, 0.3) is 0 Å². The predicted molar refractivity (Wildman–Crippen MR) is 77.7 cm³/mol. The molecule has 0 saturated carbocycles. The third kappa shape index (κ3) is 5.80. The van der Waals surface area contributed by atoms with E-state index in [1.807, 2.05) is 0 Å². The number of nitrogens with zero attached hydrogens (tertiary/aromatic N) is 1. The lowest BCUT2D eigenvalue weighted by Gasteiger charge is -2.37. The average molecular weight is 337 g/mol. The maximum Gasteiger partial charge on any atom is 0.411 e. The minimum Gasteiger partial charge on any atom is -0.467 e. The van der Waals surface area contributed by atoms with E-state index in [0.29, 0.717) is 6.42 Å². The number of ether oxygens (including phenoxy) is 2. The molecule has 1 rings (SSSR count). The third-order valence-corrected chi connectivity index (χ3v) is 3.59. The van der Waals surface area contributed by atoms with Crippen LogP contribution in [-0.2, 0) is 28.6 Å². The summed E-state index contributed by atoms with van der Waals surface area (Å²) >= 11 is 0. The van der Waals surface area contributed by atoms with Crippen molar-refractivity contribution in [2.24, 2.45) is 0 Å². The molecule has 0 aromatic carbocycles. The van der Waals surface area contributed by atoms with Gasteiger partial charge in [0.25, 0.3) is 10.1 Å². The average Bonchev–Trinajstić information content (AvgIpc) is 2.33.